The fourth-order valence-corrected chi connectivity index (χ4v) is 2.24. The monoisotopic (exact) mass is 331 g/mol. The van der Waals surface area contributed by atoms with E-state index in [9.17, 15) is 9.90 Å². The maximum absolute atomic E-state index is 12.3. The molecule has 1 aromatic heterocycles. The highest BCUT2D eigenvalue weighted by Crippen LogP contribution is 2.15. The smallest absolute Gasteiger partial charge is 0.277 e. The van der Waals surface area contributed by atoms with Crippen molar-refractivity contribution in [3.05, 3.63) is 63.9 Å². The molecule has 1 heterocycles. The molecule has 0 unspecified atom stereocenters. The highest BCUT2D eigenvalue weighted by atomic mass is 35.5. The minimum atomic E-state index is -0.890. The Balaban J connectivity index is 1.68. The Morgan fingerprint density at radius 2 is 1.91 bits per heavy atom. The first kappa shape index (κ1) is 15.5. The van der Waals surface area contributed by atoms with Crippen LogP contribution >= 0.6 is 11.6 Å². The number of benzene rings is 2. The minimum absolute atomic E-state index is 0.00422. The van der Waals surface area contributed by atoms with Gasteiger partial charge in [0, 0.05) is 5.02 Å². The fourth-order valence-electron chi connectivity index (χ4n) is 2.12. The highest BCUT2D eigenvalue weighted by Gasteiger charge is 2.11. The molecule has 0 amide bonds. The van der Waals surface area contributed by atoms with Crippen molar-refractivity contribution in [1.29, 1.82) is 0 Å². The van der Waals surface area contributed by atoms with Crippen LogP contribution in [0.2, 0.25) is 5.02 Å². The van der Waals surface area contributed by atoms with Gasteiger partial charge >= 0.3 is 0 Å². The predicted molar refractivity (Wildman–Crippen MR) is 86.8 cm³/mol. The van der Waals surface area contributed by atoms with Gasteiger partial charge in [0.1, 0.15) is 24.0 Å². The second-order valence-electron chi connectivity index (χ2n) is 5.01. The van der Waals surface area contributed by atoms with Crippen LogP contribution in [0.4, 0.5) is 0 Å². The molecular formula is C16H14ClN3O3. The maximum Gasteiger partial charge on any atom is 0.277 e. The summed E-state index contributed by atoms with van der Waals surface area (Å²) in [7, 11) is 0. The molecule has 0 fully saturated rings. The number of aliphatic hydroxyl groups is 1. The van der Waals surface area contributed by atoms with E-state index < -0.39 is 6.10 Å². The summed E-state index contributed by atoms with van der Waals surface area (Å²) in [5.74, 6) is 0.588. The van der Waals surface area contributed by atoms with Crippen LogP contribution in [-0.2, 0) is 6.54 Å². The number of hydrogen-bond acceptors (Lipinski definition) is 5. The average molecular weight is 332 g/mol. The molecular weight excluding hydrogens is 318 g/mol. The molecule has 0 saturated heterocycles. The maximum atomic E-state index is 12.3. The van der Waals surface area contributed by atoms with Crippen LogP contribution in [0.5, 0.6) is 5.75 Å². The van der Waals surface area contributed by atoms with Crippen molar-refractivity contribution in [2.45, 2.75) is 12.6 Å². The van der Waals surface area contributed by atoms with E-state index in [1.807, 2.05) is 0 Å². The molecule has 23 heavy (non-hydrogen) atoms. The highest BCUT2D eigenvalue weighted by molar-refractivity contribution is 6.30. The van der Waals surface area contributed by atoms with Crippen LogP contribution in [0.1, 0.15) is 0 Å². The van der Waals surface area contributed by atoms with Crippen LogP contribution in [0.25, 0.3) is 10.9 Å². The van der Waals surface area contributed by atoms with Gasteiger partial charge in [-0.2, -0.15) is 0 Å². The molecule has 0 aliphatic carbocycles. The SMILES string of the molecule is O=c1c2ccccc2nnn1C[C@@H](O)COc1ccc(Cl)cc1. The normalized spacial score (nSPS) is 12.3. The van der Waals surface area contributed by atoms with E-state index in [1.165, 1.54) is 0 Å². The lowest BCUT2D eigenvalue weighted by Crippen LogP contribution is -2.32. The number of rotatable bonds is 5. The summed E-state index contributed by atoms with van der Waals surface area (Å²) in [6.45, 7) is 0.0346. The molecule has 1 N–H and O–H groups in total. The van der Waals surface area contributed by atoms with Crippen LogP contribution in [-0.4, -0.2) is 32.8 Å². The van der Waals surface area contributed by atoms with Gasteiger partial charge in [-0.3, -0.25) is 4.79 Å². The van der Waals surface area contributed by atoms with Crippen LogP contribution in [0.15, 0.2) is 53.3 Å². The van der Waals surface area contributed by atoms with Crippen molar-refractivity contribution in [3.8, 4) is 5.75 Å². The molecule has 0 spiro atoms. The van der Waals surface area contributed by atoms with Crippen LogP contribution in [0.3, 0.4) is 0 Å². The summed E-state index contributed by atoms with van der Waals surface area (Å²) in [4.78, 5) is 12.3. The van der Waals surface area contributed by atoms with Crippen LogP contribution in [0, 0.1) is 0 Å². The second-order valence-corrected chi connectivity index (χ2v) is 5.45. The van der Waals surface area contributed by atoms with Crippen molar-refractivity contribution in [2.75, 3.05) is 6.61 Å². The van der Waals surface area contributed by atoms with Gasteiger partial charge in [0.25, 0.3) is 5.56 Å². The van der Waals surface area contributed by atoms with Gasteiger partial charge < -0.3 is 9.84 Å². The van der Waals surface area contributed by atoms with E-state index in [0.29, 0.717) is 21.7 Å². The summed E-state index contributed by atoms with van der Waals surface area (Å²) in [5.41, 5.74) is 0.238. The van der Waals surface area contributed by atoms with E-state index in [4.69, 9.17) is 16.3 Å². The third-order valence-electron chi connectivity index (χ3n) is 3.27. The van der Waals surface area contributed by atoms with Gasteiger partial charge in [0.15, 0.2) is 0 Å². The zero-order valence-electron chi connectivity index (χ0n) is 12.1. The van der Waals surface area contributed by atoms with E-state index >= 15 is 0 Å². The quantitative estimate of drug-likeness (QED) is 0.772. The topological polar surface area (TPSA) is 77.2 Å². The average Bonchev–Trinajstić information content (AvgIpc) is 2.57. The Morgan fingerprint density at radius 1 is 1.17 bits per heavy atom. The summed E-state index contributed by atoms with van der Waals surface area (Å²) in [6, 6.07) is 13.7. The Bertz CT molecular complexity index is 864. The first-order valence-corrected chi connectivity index (χ1v) is 7.40. The zero-order chi connectivity index (χ0) is 16.2. The molecule has 6 nitrogen and oxygen atoms in total. The van der Waals surface area contributed by atoms with Crippen molar-refractivity contribution < 1.29 is 9.84 Å². The molecule has 7 heteroatoms. The van der Waals surface area contributed by atoms with E-state index in [-0.39, 0.29) is 18.7 Å². The van der Waals surface area contributed by atoms with Gasteiger partial charge in [-0.05, 0) is 36.4 Å². The van der Waals surface area contributed by atoms with Crippen molar-refractivity contribution in [3.63, 3.8) is 0 Å². The molecule has 0 aliphatic rings. The van der Waals surface area contributed by atoms with Gasteiger partial charge in [0.2, 0.25) is 0 Å². The third-order valence-corrected chi connectivity index (χ3v) is 3.52. The van der Waals surface area contributed by atoms with Crippen molar-refractivity contribution >= 4 is 22.5 Å². The lowest BCUT2D eigenvalue weighted by atomic mass is 10.2. The molecule has 3 aromatic rings. The standard InChI is InChI=1S/C16H14ClN3O3/c17-11-5-7-13(8-6-11)23-10-12(21)9-20-16(22)14-3-1-2-4-15(14)18-19-20/h1-8,12,21H,9-10H2/t12-/m1/s1. The van der Waals surface area contributed by atoms with E-state index in [0.717, 1.165) is 4.68 Å². The molecule has 1 atom stereocenters. The number of aliphatic hydroxyl groups excluding tert-OH is 1. The molecule has 0 aliphatic heterocycles. The first-order chi connectivity index (χ1) is 11.1. The molecule has 2 aromatic carbocycles. The lowest BCUT2D eigenvalue weighted by Gasteiger charge is -2.13. The zero-order valence-corrected chi connectivity index (χ0v) is 12.8. The van der Waals surface area contributed by atoms with Crippen molar-refractivity contribution in [2.24, 2.45) is 0 Å². The Morgan fingerprint density at radius 3 is 2.70 bits per heavy atom. The lowest BCUT2D eigenvalue weighted by molar-refractivity contribution is 0.0873. The Labute approximate surface area is 136 Å². The summed E-state index contributed by atoms with van der Waals surface area (Å²) >= 11 is 5.79. The van der Waals surface area contributed by atoms with E-state index in [1.54, 1.807) is 48.5 Å². The van der Waals surface area contributed by atoms with Gasteiger partial charge in [-0.25, -0.2) is 4.68 Å². The summed E-state index contributed by atoms with van der Waals surface area (Å²) in [5, 5.41) is 18.9. The molecule has 0 radical (unpaired) electrons. The Hall–Kier alpha value is -2.44. The first-order valence-electron chi connectivity index (χ1n) is 7.02. The second kappa shape index (κ2) is 6.76. The molecule has 3 rings (SSSR count). The molecule has 118 valence electrons. The summed E-state index contributed by atoms with van der Waals surface area (Å²) in [6.07, 6.45) is -0.890. The van der Waals surface area contributed by atoms with Crippen molar-refractivity contribution in [1.82, 2.24) is 15.0 Å². The van der Waals surface area contributed by atoms with Gasteiger partial charge in [-0.15, -0.1) is 5.10 Å². The van der Waals surface area contributed by atoms with Crippen LogP contribution < -0.4 is 10.3 Å². The van der Waals surface area contributed by atoms with Gasteiger partial charge in [0.05, 0.1) is 11.9 Å². The number of nitrogens with zero attached hydrogens (tertiary/aromatic N) is 3. The number of ether oxygens (including phenoxy) is 1. The molecule has 0 saturated carbocycles. The predicted octanol–water partition coefficient (Wildman–Crippen LogP) is 1.88. The number of hydrogen-bond donors (Lipinski definition) is 1. The molecule has 0 bridgehead atoms. The number of aromatic nitrogens is 3. The largest absolute Gasteiger partial charge is 0.491 e. The number of halogens is 1. The third kappa shape index (κ3) is 3.67. The number of fused-ring (bicyclic) bond motifs is 1. The summed E-state index contributed by atoms with van der Waals surface area (Å²) < 4.78 is 6.59. The van der Waals surface area contributed by atoms with Gasteiger partial charge in [-0.1, -0.05) is 28.9 Å². The minimum Gasteiger partial charge on any atom is -0.491 e. The Kier molecular flexibility index (Phi) is 4.55. The van der Waals surface area contributed by atoms with E-state index in [2.05, 4.69) is 10.3 Å². The fraction of sp³-hybridized carbons (Fsp3) is 0.188.